The second-order valence-corrected chi connectivity index (χ2v) is 36.5. The Morgan fingerprint density at radius 3 is 0.818 bits per heavy atom. The van der Waals surface area contributed by atoms with E-state index in [-0.39, 0.29) is 70.6 Å². The molecule has 10 nitrogen and oxygen atoms in total. The van der Waals surface area contributed by atoms with Crippen LogP contribution in [0.5, 0.6) is 0 Å². The number of amides is 3. The van der Waals surface area contributed by atoms with Gasteiger partial charge in [0.25, 0.3) is 0 Å². The molecule has 3 amide bonds. The number of hydrogen-bond acceptors (Lipinski definition) is 7. The summed E-state index contributed by atoms with van der Waals surface area (Å²) in [5.41, 5.74) is 0. The number of carbonyl (C=O) groups is 3. The van der Waals surface area contributed by atoms with Crippen LogP contribution in [0.15, 0.2) is 0 Å². The zero-order valence-corrected chi connectivity index (χ0v) is 42.7. The second-order valence-electron chi connectivity index (χ2n) is 22.0. The number of nitrogens with zero attached hydrogens (tertiary/aromatic N) is 1. The van der Waals surface area contributed by atoms with Crippen molar-refractivity contribution in [1.29, 1.82) is 0 Å². The van der Waals surface area contributed by atoms with Gasteiger partial charge >= 0.3 is 0 Å². The van der Waals surface area contributed by atoms with Gasteiger partial charge in [0.05, 0.1) is 57.6 Å². The molecule has 0 radical (unpaired) electrons. The van der Waals surface area contributed by atoms with Gasteiger partial charge in [-0.1, -0.05) is 104 Å². The van der Waals surface area contributed by atoms with Crippen molar-refractivity contribution >= 4 is 42.7 Å². The summed E-state index contributed by atoms with van der Waals surface area (Å²) in [7, 11) is -6.13. The van der Waals surface area contributed by atoms with Gasteiger partial charge in [0.1, 0.15) is 0 Å². The average molecular weight is 831 g/mol. The van der Waals surface area contributed by atoms with Crippen LogP contribution in [0.2, 0.25) is 54.4 Å². The molecule has 0 aromatic rings. The fourth-order valence-electron chi connectivity index (χ4n) is 5.39. The van der Waals surface area contributed by atoms with Crippen LogP contribution in [0, 0.1) is 17.8 Å². The van der Waals surface area contributed by atoms with E-state index in [2.05, 4.69) is 159 Å². The summed E-state index contributed by atoms with van der Waals surface area (Å²) in [6.45, 7) is 47.0. The zero-order valence-electron chi connectivity index (χ0n) is 39.7. The fourth-order valence-corrected chi connectivity index (χ4v) is 8.54. The van der Waals surface area contributed by atoms with Gasteiger partial charge in [0.15, 0.2) is 25.0 Å². The number of nitrogens with one attached hydrogen (secondary N) is 3. The van der Waals surface area contributed by atoms with Gasteiger partial charge in [0.2, 0.25) is 17.7 Å². The molecule has 0 unspecified atom stereocenters. The third kappa shape index (κ3) is 21.5. The Bertz CT molecular complexity index is 1030. The maximum absolute atomic E-state index is 13.8. The highest BCUT2D eigenvalue weighted by Crippen LogP contribution is 2.38. The molecule has 0 saturated carbocycles. The summed E-state index contributed by atoms with van der Waals surface area (Å²) in [6, 6.07) is -0.550. The molecular formula is C42H90N4O6Si3. The van der Waals surface area contributed by atoms with Crippen LogP contribution in [0.1, 0.15) is 123 Å². The van der Waals surface area contributed by atoms with E-state index in [0.29, 0.717) is 37.6 Å². The first-order valence-corrected chi connectivity index (χ1v) is 29.8. The predicted octanol–water partition coefficient (Wildman–Crippen LogP) is 8.95. The van der Waals surface area contributed by atoms with Crippen molar-refractivity contribution in [2.24, 2.45) is 17.8 Å². The van der Waals surface area contributed by atoms with Gasteiger partial charge in [-0.2, -0.15) is 0 Å². The van der Waals surface area contributed by atoms with Crippen LogP contribution in [0.25, 0.3) is 0 Å². The van der Waals surface area contributed by atoms with Gasteiger partial charge < -0.3 is 29.2 Å². The van der Waals surface area contributed by atoms with Crippen molar-refractivity contribution in [2.45, 2.75) is 196 Å². The van der Waals surface area contributed by atoms with Crippen molar-refractivity contribution in [3.63, 3.8) is 0 Å². The molecule has 0 bridgehead atoms. The van der Waals surface area contributed by atoms with Crippen LogP contribution in [0.3, 0.4) is 0 Å². The molecule has 0 spiro atoms. The van der Waals surface area contributed by atoms with Gasteiger partial charge in [-0.3, -0.25) is 19.3 Å². The lowest BCUT2D eigenvalue weighted by Gasteiger charge is -2.38. The van der Waals surface area contributed by atoms with E-state index in [9.17, 15) is 14.4 Å². The molecule has 0 aromatic heterocycles. The summed E-state index contributed by atoms with van der Waals surface area (Å²) in [6.07, 6.45) is 2.28. The molecular weight excluding hydrogens is 741 g/mol. The van der Waals surface area contributed by atoms with Crippen molar-refractivity contribution in [2.75, 3.05) is 39.5 Å². The van der Waals surface area contributed by atoms with E-state index in [1.165, 1.54) is 0 Å². The fraction of sp³-hybridized carbons (Fsp3) is 0.929. The first-order chi connectivity index (χ1) is 24.6. The molecule has 0 rings (SSSR count). The lowest BCUT2D eigenvalue weighted by molar-refractivity contribution is -0.128. The van der Waals surface area contributed by atoms with E-state index in [1.807, 2.05) is 0 Å². The maximum atomic E-state index is 13.8. The largest absolute Gasteiger partial charge is 0.415 e. The molecule has 13 heteroatoms. The topological polar surface area (TPSA) is 118 Å². The van der Waals surface area contributed by atoms with E-state index >= 15 is 0 Å². The SMILES string of the molecule is CC(C)C[C@@H](CO[Si](C)(C)C(C)(C)C)NC(=O)CN(CC(=O)N[C@H](CO[Si](C)(C)C(C)(C)C)CC(C)C)CC(=O)N[C@H](CO[Si](C)(C)C(C)(C)C)CC(C)C. The standard InChI is InChI=1S/C42H90N4O6Si3/c1-31(2)22-34(28-50-53(16,17)40(7,8)9)43-37(47)25-46(26-38(48)44-35(23-32(3)4)29-51-54(18,19)41(10,11)12)27-39(49)45-36(24-33(5)6)30-52-55(20,21)42(13,14)15/h31-36H,22-30H2,1-21H3,(H,43,47)(H,44,48)(H,45,49)/t34-,35-,36-/m0/s1. The Morgan fingerprint density at radius 2 is 0.655 bits per heavy atom. The number of rotatable bonds is 24. The van der Waals surface area contributed by atoms with Crippen LogP contribution in [0.4, 0.5) is 0 Å². The molecule has 3 atom stereocenters. The summed E-state index contributed by atoms with van der Waals surface area (Å²) in [5, 5.41) is 9.76. The van der Waals surface area contributed by atoms with Crippen LogP contribution >= 0.6 is 0 Å². The average Bonchev–Trinajstić information content (AvgIpc) is 2.94. The minimum absolute atomic E-state index is 0.0449. The van der Waals surface area contributed by atoms with Crippen LogP contribution < -0.4 is 16.0 Å². The Kier molecular flexibility index (Phi) is 21.9. The Morgan fingerprint density at radius 1 is 0.455 bits per heavy atom. The van der Waals surface area contributed by atoms with Gasteiger partial charge in [0, 0.05) is 0 Å². The van der Waals surface area contributed by atoms with Crippen molar-refractivity contribution in [1.82, 2.24) is 20.9 Å². The van der Waals surface area contributed by atoms with Crippen LogP contribution in [-0.4, -0.2) is 105 Å². The summed E-state index contributed by atoms with van der Waals surface area (Å²) in [5.74, 6) is 0.344. The molecule has 0 heterocycles. The van der Waals surface area contributed by atoms with Crippen molar-refractivity contribution in [3.8, 4) is 0 Å². The second kappa shape index (κ2) is 22.3. The van der Waals surface area contributed by atoms with E-state index < -0.39 is 25.0 Å². The minimum atomic E-state index is -2.04. The lowest BCUT2D eigenvalue weighted by Crippen LogP contribution is -2.53. The Balaban J connectivity index is 6.28. The molecule has 3 N–H and O–H groups in total. The first kappa shape index (κ1) is 53.9. The normalized spacial score (nSPS) is 15.4. The first-order valence-electron chi connectivity index (χ1n) is 21.1. The third-order valence-electron chi connectivity index (χ3n) is 11.8. The summed E-state index contributed by atoms with van der Waals surface area (Å²) >= 11 is 0. The van der Waals surface area contributed by atoms with Gasteiger partial charge in [-0.05, 0) is 91.4 Å². The van der Waals surface area contributed by atoms with Gasteiger partial charge in [-0.15, -0.1) is 0 Å². The highest BCUT2D eigenvalue weighted by atomic mass is 28.4. The Labute approximate surface area is 342 Å². The van der Waals surface area contributed by atoms with Crippen molar-refractivity contribution in [3.05, 3.63) is 0 Å². The summed E-state index contributed by atoms with van der Waals surface area (Å²) in [4.78, 5) is 43.0. The molecule has 0 saturated heterocycles. The third-order valence-corrected chi connectivity index (χ3v) is 25.3. The monoisotopic (exact) mass is 831 g/mol. The zero-order chi connectivity index (χ0) is 43.4. The Hall–Kier alpha value is -1.10. The van der Waals surface area contributed by atoms with E-state index in [1.54, 1.807) is 4.90 Å². The summed E-state index contributed by atoms with van der Waals surface area (Å²) < 4.78 is 19.6. The highest BCUT2D eigenvalue weighted by molar-refractivity contribution is 6.74. The minimum Gasteiger partial charge on any atom is -0.415 e. The van der Waals surface area contributed by atoms with E-state index in [0.717, 1.165) is 19.3 Å². The molecule has 0 aliphatic heterocycles. The quantitative estimate of drug-likeness (QED) is 0.0832. The van der Waals surface area contributed by atoms with Gasteiger partial charge in [-0.25, -0.2) is 0 Å². The maximum Gasteiger partial charge on any atom is 0.234 e. The number of hydrogen-bond donors (Lipinski definition) is 3. The van der Waals surface area contributed by atoms with Crippen molar-refractivity contribution < 1.29 is 27.7 Å². The molecule has 0 aliphatic rings. The highest BCUT2D eigenvalue weighted by Gasteiger charge is 2.40. The van der Waals surface area contributed by atoms with E-state index in [4.69, 9.17) is 13.3 Å². The predicted molar refractivity (Wildman–Crippen MR) is 240 cm³/mol. The smallest absolute Gasteiger partial charge is 0.234 e. The molecule has 326 valence electrons. The molecule has 0 fully saturated rings. The van der Waals surface area contributed by atoms with Crippen LogP contribution in [-0.2, 0) is 27.7 Å². The molecule has 0 aliphatic carbocycles. The lowest BCUT2D eigenvalue weighted by atomic mass is 10.0. The number of carbonyl (C=O) groups excluding carboxylic acids is 3. The molecule has 55 heavy (non-hydrogen) atoms. The molecule has 0 aromatic carbocycles.